The highest BCUT2D eigenvalue weighted by molar-refractivity contribution is 5.93. The van der Waals surface area contributed by atoms with Crippen molar-refractivity contribution in [1.29, 1.82) is 0 Å². The quantitative estimate of drug-likeness (QED) is 0.437. The van der Waals surface area contributed by atoms with E-state index < -0.39 is 4.92 Å². The number of nitrogens with zero attached hydrogens (tertiary/aromatic N) is 1. The predicted molar refractivity (Wildman–Crippen MR) is 83.3 cm³/mol. The summed E-state index contributed by atoms with van der Waals surface area (Å²) < 4.78 is 0. The number of nitro benzene ring substituents is 1. The number of unbranched alkanes of at least 4 members (excludes halogenated alkanes) is 3. The van der Waals surface area contributed by atoms with Crippen LogP contribution in [0.2, 0.25) is 0 Å². The SMILES string of the molecule is Cc1cc(NC(=O)CCCCCCN)c([N+](=O)[O-])cc1C. The van der Waals surface area contributed by atoms with Crippen molar-refractivity contribution in [2.45, 2.75) is 46.0 Å². The second-order valence-electron chi connectivity index (χ2n) is 5.21. The molecule has 6 nitrogen and oxygen atoms in total. The van der Waals surface area contributed by atoms with Crippen LogP contribution in [-0.2, 0) is 4.79 Å². The zero-order valence-electron chi connectivity index (χ0n) is 12.6. The number of nitro groups is 1. The average Bonchev–Trinajstić information content (AvgIpc) is 2.42. The number of nitrogens with two attached hydrogens (primary N) is 1. The minimum Gasteiger partial charge on any atom is -0.330 e. The third-order valence-corrected chi connectivity index (χ3v) is 3.44. The minimum absolute atomic E-state index is 0.0606. The summed E-state index contributed by atoms with van der Waals surface area (Å²) in [6, 6.07) is 3.14. The molecule has 0 saturated heterocycles. The van der Waals surface area contributed by atoms with E-state index in [1.165, 1.54) is 6.07 Å². The van der Waals surface area contributed by atoms with Crippen molar-refractivity contribution in [3.8, 4) is 0 Å². The van der Waals surface area contributed by atoms with Gasteiger partial charge in [0.25, 0.3) is 5.69 Å². The first-order valence-electron chi connectivity index (χ1n) is 7.21. The molecule has 0 saturated carbocycles. The lowest BCUT2D eigenvalue weighted by Crippen LogP contribution is -2.13. The summed E-state index contributed by atoms with van der Waals surface area (Å²) in [6.45, 7) is 4.34. The van der Waals surface area contributed by atoms with Gasteiger partial charge in [-0.15, -0.1) is 0 Å². The van der Waals surface area contributed by atoms with Crippen LogP contribution < -0.4 is 11.1 Å². The van der Waals surface area contributed by atoms with Crippen molar-refractivity contribution >= 4 is 17.3 Å². The summed E-state index contributed by atoms with van der Waals surface area (Å²) >= 11 is 0. The Bertz CT molecular complexity index is 515. The fourth-order valence-electron chi connectivity index (χ4n) is 2.05. The van der Waals surface area contributed by atoms with Gasteiger partial charge in [-0.2, -0.15) is 0 Å². The Morgan fingerprint density at radius 2 is 1.81 bits per heavy atom. The molecule has 1 aromatic rings. The molecule has 1 amide bonds. The van der Waals surface area contributed by atoms with Crippen molar-refractivity contribution in [2.24, 2.45) is 5.73 Å². The van der Waals surface area contributed by atoms with Gasteiger partial charge in [0, 0.05) is 12.5 Å². The van der Waals surface area contributed by atoms with Crippen molar-refractivity contribution in [2.75, 3.05) is 11.9 Å². The lowest BCUT2D eigenvalue weighted by Gasteiger charge is -2.09. The zero-order chi connectivity index (χ0) is 15.8. The van der Waals surface area contributed by atoms with Crippen LogP contribution in [0.4, 0.5) is 11.4 Å². The molecular weight excluding hydrogens is 270 g/mol. The van der Waals surface area contributed by atoms with Gasteiger partial charge in [0.05, 0.1) is 4.92 Å². The van der Waals surface area contributed by atoms with Crippen LogP contribution in [0, 0.1) is 24.0 Å². The maximum absolute atomic E-state index is 11.9. The van der Waals surface area contributed by atoms with Crippen LogP contribution in [0.15, 0.2) is 12.1 Å². The lowest BCUT2D eigenvalue weighted by atomic mass is 10.1. The first-order chi connectivity index (χ1) is 9.95. The largest absolute Gasteiger partial charge is 0.330 e. The standard InChI is InChI=1S/C15H23N3O3/c1-11-9-13(14(18(20)21)10-12(11)2)17-15(19)7-5-3-4-6-8-16/h9-10H,3-8,16H2,1-2H3,(H,17,19). The molecule has 21 heavy (non-hydrogen) atoms. The molecule has 0 heterocycles. The molecule has 6 heteroatoms. The van der Waals surface area contributed by atoms with Gasteiger partial charge in [0.1, 0.15) is 5.69 Å². The molecule has 0 aliphatic rings. The van der Waals surface area contributed by atoms with Gasteiger partial charge >= 0.3 is 0 Å². The number of nitrogens with one attached hydrogen (secondary N) is 1. The Kier molecular flexibility index (Phi) is 6.81. The van der Waals surface area contributed by atoms with Crippen molar-refractivity contribution < 1.29 is 9.72 Å². The van der Waals surface area contributed by atoms with Gasteiger partial charge in [-0.1, -0.05) is 12.8 Å². The number of benzene rings is 1. The highest BCUT2D eigenvalue weighted by Crippen LogP contribution is 2.28. The maximum atomic E-state index is 11.9. The molecular formula is C15H23N3O3. The summed E-state index contributed by atoms with van der Waals surface area (Å²) in [5.74, 6) is -0.186. The first kappa shape index (κ1) is 17.1. The lowest BCUT2D eigenvalue weighted by molar-refractivity contribution is -0.384. The monoisotopic (exact) mass is 293 g/mol. The number of amides is 1. The molecule has 1 rings (SSSR count). The van der Waals surface area contributed by atoms with E-state index in [4.69, 9.17) is 5.73 Å². The second kappa shape index (κ2) is 8.36. The van der Waals surface area contributed by atoms with Crippen LogP contribution in [0.5, 0.6) is 0 Å². The fourth-order valence-corrected chi connectivity index (χ4v) is 2.05. The summed E-state index contributed by atoms with van der Waals surface area (Å²) in [5, 5.41) is 13.7. The van der Waals surface area contributed by atoms with Crippen LogP contribution in [-0.4, -0.2) is 17.4 Å². The van der Waals surface area contributed by atoms with Crippen molar-refractivity contribution in [3.63, 3.8) is 0 Å². The number of rotatable bonds is 8. The second-order valence-corrected chi connectivity index (χ2v) is 5.21. The van der Waals surface area contributed by atoms with Crippen LogP contribution in [0.25, 0.3) is 0 Å². The van der Waals surface area contributed by atoms with E-state index in [2.05, 4.69) is 5.32 Å². The van der Waals surface area contributed by atoms with Gasteiger partial charge in [-0.3, -0.25) is 14.9 Å². The number of hydrogen-bond donors (Lipinski definition) is 2. The van der Waals surface area contributed by atoms with E-state index >= 15 is 0 Å². The van der Waals surface area contributed by atoms with Gasteiger partial charge in [0.2, 0.25) is 5.91 Å². The Labute approximate surface area is 124 Å². The van der Waals surface area contributed by atoms with Gasteiger partial charge < -0.3 is 11.1 Å². The third-order valence-electron chi connectivity index (χ3n) is 3.44. The van der Waals surface area contributed by atoms with Crippen LogP contribution in [0.3, 0.4) is 0 Å². The summed E-state index contributed by atoms with van der Waals surface area (Å²) in [5.41, 5.74) is 7.36. The number of hydrogen-bond acceptors (Lipinski definition) is 4. The molecule has 0 bridgehead atoms. The molecule has 0 spiro atoms. The van der Waals surface area contributed by atoms with Crippen molar-refractivity contribution in [3.05, 3.63) is 33.4 Å². The third kappa shape index (κ3) is 5.51. The van der Waals surface area contributed by atoms with Crippen LogP contribution in [0.1, 0.15) is 43.2 Å². The minimum atomic E-state index is -0.469. The highest BCUT2D eigenvalue weighted by Gasteiger charge is 2.17. The molecule has 0 atom stereocenters. The number of anilines is 1. The van der Waals surface area contributed by atoms with Gasteiger partial charge in [-0.25, -0.2) is 0 Å². The van der Waals surface area contributed by atoms with E-state index in [0.717, 1.165) is 36.8 Å². The smallest absolute Gasteiger partial charge is 0.293 e. The average molecular weight is 293 g/mol. The van der Waals surface area contributed by atoms with Crippen molar-refractivity contribution in [1.82, 2.24) is 0 Å². The molecule has 0 aliphatic carbocycles. The Balaban J connectivity index is 2.63. The molecule has 1 aromatic carbocycles. The Hall–Kier alpha value is -1.95. The van der Waals surface area contributed by atoms with Gasteiger partial charge in [-0.05, 0) is 50.4 Å². The molecule has 0 unspecified atom stereocenters. The molecule has 0 radical (unpaired) electrons. The molecule has 0 aromatic heterocycles. The normalized spacial score (nSPS) is 10.4. The number of carbonyl (C=O) groups excluding carboxylic acids is 1. The Morgan fingerprint density at radius 3 is 2.43 bits per heavy atom. The summed E-state index contributed by atoms with van der Waals surface area (Å²) in [7, 11) is 0. The summed E-state index contributed by atoms with van der Waals surface area (Å²) in [4.78, 5) is 22.4. The molecule has 0 fully saturated rings. The van der Waals surface area contributed by atoms with E-state index in [1.54, 1.807) is 6.07 Å². The fraction of sp³-hybridized carbons (Fsp3) is 0.533. The molecule has 116 valence electrons. The van der Waals surface area contributed by atoms with E-state index in [-0.39, 0.29) is 17.3 Å². The number of carbonyl (C=O) groups is 1. The topological polar surface area (TPSA) is 98.3 Å². The summed E-state index contributed by atoms with van der Waals surface area (Å²) in [6.07, 6.45) is 4.05. The first-order valence-corrected chi connectivity index (χ1v) is 7.21. The maximum Gasteiger partial charge on any atom is 0.293 e. The number of aryl methyl sites for hydroxylation is 2. The van der Waals surface area contributed by atoms with Crippen LogP contribution >= 0.6 is 0 Å². The molecule has 3 N–H and O–H groups in total. The van der Waals surface area contributed by atoms with E-state index in [9.17, 15) is 14.9 Å². The van der Waals surface area contributed by atoms with E-state index in [0.29, 0.717) is 13.0 Å². The predicted octanol–water partition coefficient (Wildman–Crippen LogP) is 3.06. The Morgan fingerprint density at radius 1 is 1.19 bits per heavy atom. The highest BCUT2D eigenvalue weighted by atomic mass is 16.6. The van der Waals surface area contributed by atoms with Gasteiger partial charge in [0.15, 0.2) is 0 Å². The molecule has 0 aliphatic heterocycles. The van der Waals surface area contributed by atoms with E-state index in [1.807, 2.05) is 13.8 Å². The zero-order valence-corrected chi connectivity index (χ0v) is 12.6.